The van der Waals surface area contributed by atoms with E-state index in [1.807, 2.05) is 4.90 Å². The smallest absolute Gasteiger partial charge is 0.372 e. The van der Waals surface area contributed by atoms with Gasteiger partial charge in [-0.05, 0) is 25.5 Å². The summed E-state index contributed by atoms with van der Waals surface area (Å²) in [6, 6.07) is 6.82. The molecule has 156 valence electrons. The van der Waals surface area contributed by atoms with Crippen molar-refractivity contribution >= 4 is 17.4 Å². The third kappa shape index (κ3) is 8.37. The average molecular weight is 401 g/mol. The van der Waals surface area contributed by atoms with E-state index in [0.717, 1.165) is 13.1 Å². The van der Waals surface area contributed by atoms with Gasteiger partial charge in [0.1, 0.15) is 6.61 Å². The van der Waals surface area contributed by atoms with Gasteiger partial charge in [-0.2, -0.15) is 13.2 Å². The summed E-state index contributed by atoms with van der Waals surface area (Å²) in [5, 5.41) is 2.80. The second kappa shape index (κ2) is 10.5. The van der Waals surface area contributed by atoms with Crippen LogP contribution in [0.4, 0.5) is 18.9 Å². The predicted octanol–water partition coefficient (Wildman–Crippen LogP) is 2.41. The highest BCUT2D eigenvalue weighted by molar-refractivity contribution is 5.97. The van der Waals surface area contributed by atoms with Gasteiger partial charge in [0.05, 0.1) is 6.54 Å². The van der Waals surface area contributed by atoms with E-state index in [2.05, 4.69) is 15.0 Å². The van der Waals surface area contributed by atoms with Crippen LogP contribution in [0.25, 0.3) is 0 Å². The zero-order valence-corrected chi connectivity index (χ0v) is 15.9. The van der Waals surface area contributed by atoms with Crippen molar-refractivity contribution in [3.8, 4) is 0 Å². The molecule has 1 aromatic rings. The minimum atomic E-state index is -4.28. The molecule has 1 heterocycles. The number of alkyl halides is 3. The minimum Gasteiger partial charge on any atom is -0.372 e. The van der Waals surface area contributed by atoms with E-state index in [-0.39, 0.29) is 24.8 Å². The van der Waals surface area contributed by atoms with Crippen LogP contribution >= 0.6 is 0 Å². The molecule has 0 radical (unpaired) electrons. The molecular weight excluding hydrogens is 375 g/mol. The van der Waals surface area contributed by atoms with Crippen LogP contribution in [0.2, 0.25) is 0 Å². The zero-order valence-electron chi connectivity index (χ0n) is 15.9. The Morgan fingerprint density at radius 3 is 2.46 bits per heavy atom. The second-order valence-corrected chi connectivity index (χ2v) is 6.82. The number of amides is 1. The summed E-state index contributed by atoms with van der Waals surface area (Å²) < 4.78 is 40.6. The Kier molecular flexibility index (Phi) is 8.40. The first kappa shape index (κ1) is 22.3. The maximum absolute atomic E-state index is 12.2. The molecule has 0 aromatic heterocycles. The third-order valence-corrected chi connectivity index (χ3v) is 4.41. The number of anilines is 1. The summed E-state index contributed by atoms with van der Waals surface area (Å²) in [5.41, 5.74) is 1.14. The molecule has 6 nitrogen and oxygen atoms in total. The lowest BCUT2D eigenvalue weighted by Gasteiger charge is -2.34. The maximum Gasteiger partial charge on any atom is 0.411 e. The molecule has 0 atom stereocenters. The Balaban J connectivity index is 1.63. The number of Topliss-reactive ketones (excluding diaryl/α,β-unsaturated/α-hetero) is 1. The Morgan fingerprint density at radius 1 is 1.14 bits per heavy atom. The molecule has 1 fully saturated rings. The Hall–Kier alpha value is -1.97. The van der Waals surface area contributed by atoms with Gasteiger partial charge in [-0.1, -0.05) is 12.1 Å². The summed E-state index contributed by atoms with van der Waals surface area (Å²) in [6.45, 7) is 4.23. The highest BCUT2D eigenvalue weighted by Crippen LogP contribution is 2.14. The number of rotatable bonds is 9. The second-order valence-electron chi connectivity index (χ2n) is 6.82. The lowest BCUT2D eigenvalue weighted by molar-refractivity contribution is -0.174. The summed E-state index contributed by atoms with van der Waals surface area (Å²) in [4.78, 5) is 27.8. The van der Waals surface area contributed by atoms with Crippen molar-refractivity contribution in [2.45, 2.75) is 19.5 Å². The number of ether oxygens (including phenoxy) is 1. The predicted molar refractivity (Wildman–Crippen MR) is 99.4 cm³/mol. The molecule has 1 aromatic carbocycles. The van der Waals surface area contributed by atoms with Crippen LogP contribution in [-0.4, -0.2) is 80.1 Å². The van der Waals surface area contributed by atoms with Crippen LogP contribution in [0, 0.1) is 0 Å². The largest absolute Gasteiger partial charge is 0.411 e. The van der Waals surface area contributed by atoms with Crippen LogP contribution < -0.4 is 5.32 Å². The first-order valence-electron chi connectivity index (χ1n) is 9.23. The number of benzene rings is 1. The van der Waals surface area contributed by atoms with Crippen LogP contribution in [0.15, 0.2) is 24.3 Å². The fraction of sp³-hybridized carbons (Fsp3) is 0.579. The lowest BCUT2D eigenvalue weighted by Crippen LogP contribution is -2.48. The van der Waals surface area contributed by atoms with Gasteiger partial charge >= 0.3 is 6.18 Å². The molecule has 0 bridgehead atoms. The Labute approximate surface area is 162 Å². The minimum absolute atomic E-state index is 0.0592. The van der Waals surface area contributed by atoms with Crippen molar-refractivity contribution in [3.05, 3.63) is 29.8 Å². The lowest BCUT2D eigenvalue weighted by atomic mass is 10.1. The number of carbonyl (C=O) groups excluding carboxylic acids is 2. The number of piperazine rings is 1. The van der Waals surface area contributed by atoms with Gasteiger partial charge in [0.25, 0.3) is 0 Å². The quantitative estimate of drug-likeness (QED) is 0.509. The third-order valence-electron chi connectivity index (χ3n) is 4.41. The van der Waals surface area contributed by atoms with Crippen molar-refractivity contribution in [1.82, 2.24) is 9.80 Å². The molecule has 28 heavy (non-hydrogen) atoms. The van der Waals surface area contributed by atoms with Gasteiger partial charge in [-0.3, -0.25) is 14.5 Å². The number of carbonyl (C=O) groups is 2. The van der Waals surface area contributed by atoms with Crippen molar-refractivity contribution in [1.29, 1.82) is 0 Å². The zero-order chi connectivity index (χ0) is 20.6. The standard InChI is InChI=1S/C19H26F3N3O3/c1-15(26)16-4-2-5-17(12-16)23-18(27)13-25-9-7-24(8-10-25)6-3-11-28-14-19(20,21)22/h2,4-5,12H,3,6-11,13-14H2,1H3,(H,23,27). The number of nitrogens with zero attached hydrogens (tertiary/aromatic N) is 2. The van der Waals surface area contributed by atoms with Crippen LogP contribution in [0.3, 0.4) is 0 Å². The molecular formula is C19H26F3N3O3. The SMILES string of the molecule is CC(=O)c1cccc(NC(=O)CN2CCN(CCCOCC(F)(F)F)CC2)c1. The molecule has 0 spiro atoms. The number of hydrogen-bond acceptors (Lipinski definition) is 5. The Bertz CT molecular complexity index is 659. The van der Waals surface area contributed by atoms with E-state index in [1.165, 1.54) is 6.92 Å². The van der Waals surface area contributed by atoms with Gasteiger partial charge < -0.3 is 15.0 Å². The maximum atomic E-state index is 12.2. The molecule has 1 N–H and O–H groups in total. The molecule has 0 aliphatic carbocycles. The first-order valence-corrected chi connectivity index (χ1v) is 9.23. The van der Waals surface area contributed by atoms with Crippen molar-refractivity contribution in [2.24, 2.45) is 0 Å². The highest BCUT2D eigenvalue weighted by atomic mass is 19.4. The number of nitrogens with one attached hydrogen (secondary N) is 1. The van der Waals surface area contributed by atoms with Gasteiger partial charge in [0.15, 0.2) is 5.78 Å². The number of hydrogen-bond donors (Lipinski definition) is 1. The fourth-order valence-electron chi connectivity index (χ4n) is 2.97. The molecule has 1 amide bonds. The van der Waals surface area contributed by atoms with E-state index in [9.17, 15) is 22.8 Å². The summed E-state index contributed by atoms with van der Waals surface area (Å²) in [7, 11) is 0. The first-order chi connectivity index (χ1) is 13.2. The normalized spacial score (nSPS) is 16.1. The summed E-state index contributed by atoms with van der Waals surface area (Å²) in [6.07, 6.45) is -3.73. The monoisotopic (exact) mass is 401 g/mol. The van der Waals surface area contributed by atoms with Crippen LogP contribution in [0.1, 0.15) is 23.7 Å². The number of ketones is 1. The van der Waals surface area contributed by atoms with Gasteiger partial charge in [-0.15, -0.1) is 0 Å². The molecule has 0 unspecified atom stereocenters. The molecule has 9 heteroatoms. The van der Waals surface area contributed by atoms with E-state index in [1.54, 1.807) is 24.3 Å². The van der Waals surface area contributed by atoms with E-state index < -0.39 is 12.8 Å². The van der Waals surface area contributed by atoms with E-state index in [0.29, 0.717) is 37.3 Å². The molecule has 1 saturated heterocycles. The van der Waals surface area contributed by atoms with Crippen molar-refractivity contribution in [3.63, 3.8) is 0 Å². The Morgan fingerprint density at radius 2 is 1.82 bits per heavy atom. The molecule has 1 aliphatic rings. The fourth-order valence-corrected chi connectivity index (χ4v) is 2.97. The molecule has 1 aliphatic heterocycles. The van der Waals surface area contributed by atoms with E-state index >= 15 is 0 Å². The summed E-state index contributed by atoms with van der Waals surface area (Å²) >= 11 is 0. The van der Waals surface area contributed by atoms with E-state index in [4.69, 9.17) is 0 Å². The molecule has 0 saturated carbocycles. The van der Waals surface area contributed by atoms with Crippen LogP contribution in [0.5, 0.6) is 0 Å². The van der Waals surface area contributed by atoms with Crippen LogP contribution in [-0.2, 0) is 9.53 Å². The van der Waals surface area contributed by atoms with Crippen molar-refractivity contribution < 1.29 is 27.5 Å². The number of halogens is 3. The van der Waals surface area contributed by atoms with Crippen molar-refractivity contribution in [2.75, 3.05) is 57.8 Å². The highest BCUT2D eigenvalue weighted by Gasteiger charge is 2.27. The summed E-state index contributed by atoms with van der Waals surface area (Å²) in [5.74, 6) is -0.203. The molecule has 2 rings (SSSR count). The average Bonchev–Trinajstić information content (AvgIpc) is 2.62. The topological polar surface area (TPSA) is 61.9 Å². The van der Waals surface area contributed by atoms with Gasteiger partial charge in [-0.25, -0.2) is 0 Å². The van der Waals surface area contributed by atoms with Gasteiger partial charge in [0.2, 0.25) is 5.91 Å². The van der Waals surface area contributed by atoms with Gasteiger partial charge in [0, 0.05) is 50.6 Å².